The van der Waals surface area contributed by atoms with E-state index in [1.165, 1.54) is 40.3 Å². The third-order valence-corrected chi connectivity index (χ3v) is 8.88. The number of hydrogen-bond acceptors (Lipinski definition) is 8. The van der Waals surface area contributed by atoms with Crippen molar-refractivity contribution < 1.29 is 48.7 Å². The van der Waals surface area contributed by atoms with Crippen molar-refractivity contribution in [3.05, 3.63) is 52.5 Å². The smallest absolute Gasteiger partial charge is 0.407 e. The van der Waals surface area contributed by atoms with Gasteiger partial charge < -0.3 is 46.6 Å². The van der Waals surface area contributed by atoms with Crippen LogP contribution in [0.4, 0.5) is 9.18 Å². The molecular weight excluding hydrogens is 746 g/mol. The Kier molecular flexibility index (Phi) is 35.6. The highest BCUT2D eigenvalue weighted by Gasteiger charge is 2.40. The Hall–Kier alpha value is -3.70. The number of amides is 3. The minimum Gasteiger partial charge on any atom is -0.492 e. The molecule has 3 amide bonds. The predicted octanol–water partition coefficient (Wildman–Crippen LogP) is 6.79. The monoisotopic (exact) mass is 828 g/mol. The normalized spacial score (nSPS) is 14.6. The second kappa shape index (κ2) is 32.4. The molecule has 0 spiro atoms. The van der Waals surface area contributed by atoms with E-state index in [2.05, 4.69) is 42.2 Å². The number of nitrogens with zero attached hydrogens (tertiary/aromatic N) is 1. The maximum Gasteiger partial charge on any atom is 0.407 e. The summed E-state index contributed by atoms with van der Waals surface area (Å²) in [6.07, 6.45) is 11.7. The summed E-state index contributed by atoms with van der Waals surface area (Å²) in [6, 6.07) is 5.35. The SMILES string of the molecule is C/C=C\CC[C@H](C)C[C@@H](C)CC(=O)N1CCC[C@H]1C(N)=O.CC.CC.CNC(=O)OC(C)(C)C(C)(C)F.NO.O.O.O=c1[nH]ccc2c3c(ccc12)CCO3.S.[HH].[HH].[HH]. The minimum absolute atomic E-state index is 0. The fraction of sp³-hybridized carbons (Fsp3) is 0.650. The largest absolute Gasteiger partial charge is 0.492 e. The van der Waals surface area contributed by atoms with Crippen LogP contribution in [0.2, 0.25) is 0 Å². The summed E-state index contributed by atoms with van der Waals surface area (Å²) in [7, 11) is 1.43. The highest BCUT2D eigenvalue weighted by atomic mass is 32.1. The Bertz CT molecular complexity index is 1470. The van der Waals surface area contributed by atoms with Crippen molar-refractivity contribution in [3.8, 4) is 5.75 Å². The van der Waals surface area contributed by atoms with E-state index in [0.29, 0.717) is 30.2 Å². The molecule has 4 rings (SSSR count). The number of primary amides is 1. The van der Waals surface area contributed by atoms with Crippen LogP contribution in [0.25, 0.3) is 10.8 Å². The van der Waals surface area contributed by atoms with E-state index in [4.69, 9.17) is 20.4 Å². The maximum absolute atomic E-state index is 13.4. The van der Waals surface area contributed by atoms with Crippen molar-refractivity contribution in [2.75, 3.05) is 20.2 Å². The highest BCUT2D eigenvalue weighted by molar-refractivity contribution is 7.59. The summed E-state index contributed by atoms with van der Waals surface area (Å²) in [5.41, 5.74) is 3.83. The van der Waals surface area contributed by atoms with Crippen LogP contribution in [-0.4, -0.2) is 81.5 Å². The van der Waals surface area contributed by atoms with Gasteiger partial charge in [-0.1, -0.05) is 59.8 Å². The van der Waals surface area contributed by atoms with Gasteiger partial charge in [0.2, 0.25) is 11.8 Å². The zero-order valence-corrected chi connectivity index (χ0v) is 36.9. The summed E-state index contributed by atoms with van der Waals surface area (Å²) in [5.74, 6) is 5.08. The van der Waals surface area contributed by atoms with Gasteiger partial charge in [-0.3, -0.25) is 14.4 Å². The van der Waals surface area contributed by atoms with Crippen molar-refractivity contribution in [3.63, 3.8) is 0 Å². The molecule has 0 aliphatic carbocycles. The van der Waals surface area contributed by atoms with E-state index >= 15 is 0 Å². The number of ether oxygens (including phenoxy) is 2. The van der Waals surface area contributed by atoms with E-state index in [-0.39, 0.29) is 52.1 Å². The number of carbonyl (C=O) groups excluding carboxylic acids is 3. The van der Waals surface area contributed by atoms with Gasteiger partial charge in [-0.15, -0.1) is 0 Å². The average Bonchev–Trinajstić information content (AvgIpc) is 3.82. The number of carbonyl (C=O) groups is 3. The molecule has 0 bridgehead atoms. The van der Waals surface area contributed by atoms with Gasteiger partial charge in [-0.25, -0.2) is 15.1 Å². The quantitative estimate of drug-likeness (QED) is 0.126. The van der Waals surface area contributed by atoms with E-state index in [0.717, 1.165) is 56.3 Å². The van der Waals surface area contributed by atoms with E-state index < -0.39 is 17.4 Å². The first-order valence-corrected chi connectivity index (χ1v) is 18.8. The van der Waals surface area contributed by atoms with E-state index in [1.54, 1.807) is 11.1 Å². The number of aromatic nitrogens is 1. The molecule has 1 aromatic carbocycles. The van der Waals surface area contributed by atoms with Crippen molar-refractivity contribution in [1.82, 2.24) is 15.2 Å². The number of aromatic amines is 1. The standard InChI is InChI=1S/C17H30N2O2.C11H9NO2.C8H16FNO2.2C2H6.H3NO.2H2O.H2S.3H2/c1-4-5-6-8-13(2)11-14(3)12-16(20)19-10-7-9-15(19)17(18)21;13-11-9-2-1-7-4-6-14-10(7)8(9)3-5-12-11;1-7(2,9)8(3,4)12-6(11)10-5;3*1-2;;;;;;/h4-5,13-15H,6-12H2,1-3H3,(H2,18,21);1-3,5H,4,6H2,(H,12,13);1-5H3,(H,10,11);2*1-2H3;2H,1H2;3*1H2;3*1H/b5-4-;;;;;;;;;;;/t13-,14+,15-;;;;;;;;;;;/m0.........../s1. The van der Waals surface area contributed by atoms with Crippen LogP contribution < -0.4 is 27.2 Å². The van der Waals surface area contributed by atoms with Gasteiger partial charge in [0.25, 0.3) is 5.56 Å². The molecule has 0 radical (unpaired) electrons. The number of alkyl carbamates (subject to hydrolysis) is 1. The fourth-order valence-corrected chi connectivity index (χ4v) is 5.53. The topological polar surface area (TPSA) is 253 Å². The number of benzene rings is 1. The van der Waals surface area contributed by atoms with Gasteiger partial charge in [-0.2, -0.15) is 13.5 Å². The second-order valence-electron chi connectivity index (χ2n) is 13.5. The van der Waals surface area contributed by atoms with Crippen LogP contribution in [0, 0.1) is 11.8 Å². The first-order valence-electron chi connectivity index (χ1n) is 18.8. The average molecular weight is 828 g/mol. The lowest BCUT2D eigenvalue weighted by Gasteiger charge is -2.33. The van der Waals surface area contributed by atoms with Crippen molar-refractivity contribution in [1.29, 1.82) is 0 Å². The molecule has 0 unspecified atom stereocenters. The number of fused-ring (bicyclic) bond motifs is 3. The lowest BCUT2D eigenvalue weighted by Crippen LogP contribution is -2.46. The van der Waals surface area contributed by atoms with Gasteiger partial charge >= 0.3 is 6.09 Å². The summed E-state index contributed by atoms with van der Waals surface area (Å²) < 4.78 is 23.7. The number of likely N-dealkylation sites (tertiary alicyclic amines) is 1. The van der Waals surface area contributed by atoms with Crippen LogP contribution in [0.1, 0.15) is 125 Å². The first-order chi connectivity index (χ1) is 25.0. The van der Waals surface area contributed by atoms with Crippen LogP contribution in [-0.2, 0) is 20.7 Å². The molecule has 334 valence electrons. The third kappa shape index (κ3) is 21.0. The van der Waals surface area contributed by atoms with Crippen molar-refractivity contribution >= 4 is 42.2 Å². The number of nitrogens with one attached hydrogen (secondary N) is 2. The number of alkyl halides is 1. The molecule has 0 saturated carbocycles. The van der Waals surface area contributed by atoms with Gasteiger partial charge in [0, 0.05) is 42.3 Å². The number of H-pyrrole nitrogens is 1. The molecule has 3 atom stereocenters. The van der Waals surface area contributed by atoms with Crippen molar-refractivity contribution in [2.45, 2.75) is 138 Å². The maximum atomic E-state index is 13.4. The van der Waals surface area contributed by atoms with Crippen LogP contribution in [0.15, 0.2) is 41.3 Å². The van der Waals surface area contributed by atoms with Gasteiger partial charge in [0.1, 0.15) is 23.1 Å². The van der Waals surface area contributed by atoms with E-state index in [9.17, 15) is 23.6 Å². The highest BCUT2D eigenvalue weighted by Crippen LogP contribution is 2.32. The van der Waals surface area contributed by atoms with Gasteiger partial charge in [-0.05, 0) is 96.3 Å². The van der Waals surface area contributed by atoms with Gasteiger partial charge in [0.15, 0.2) is 0 Å². The lowest BCUT2D eigenvalue weighted by atomic mass is 9.91. The van der Waals surface area contributed by atoms with E-state index in [1.807, 2.05) is 52.8 Å². The minimum atomic E-state index is -1.56. The summed E-state index contributed by atoms with van der Waals surface area (Å²) >= 11 is 0. The Morgan fingerprint density at radius 3 is 2.20 bits per heavy atom. The number of pyridine rings is 1. The van der Waals surface area contributed by atoms with Gasteiger partial charge in [0.05, 0.1) is 12.0 Å². The fourth-order valence-electron chi connectivity index (χ4n) is 5.53. The third-order valence-electron chi connectivity index (χ3n) is 8.88. The predicted molar refractivity (Wildman–Crippen MR) is 237 cm³/mol. The zero-order chi connectivity index (χ0) is 41.4. The Morgan fingerprint density at radius 2 is 1.68 bits per heavy atom. The van der Waals surface area contributed by atoms with Crippen LogP contribution in [0.3, 0.4) is 0 Å². The molecule has 2 aromatic rings. The Balaban J connectivity index is -0.000000102. The molecule has 14 nitrogen and oxygen atoms in total. The molecule has 1 saturated heterocycles. The van der Waals surface area contributed by atoms with Crippen LogP contribution in [0.5, 0.6) is 5.75 Å². The van der Waals surface area contributed by atoms with Crippen molar-refractivity contribution in [2.24, 2.45) is 23.5 Å². The molecule has 16 heteroatoms. The summed E-state index contributed by atoms with van der Waals surface area (Å²) in [4.78, 5) is 50.2. The molecule has 1 aromatic heterocycles. The Labute approximate surface area is 345 Å². The number of allylic oxidation sites excluding steroid dienone is 2. The summed E-state index contributed by atoms with van der Waals surface area (Å²) in [6.45, 7) is 21.6. The molecule has 2 aliphatic heterocycles. The molecular formula is C40H82FN5O9S. The number of rotatable bonds is 10. The summed E-state index contributed by atoms with van der Waals surface area (Å²) in [5, 5.41) is 10.4. The molecule has 56 heavy (non-hydrogen) atoms. The number of halogens is 1. The molecule has 2 aliphatic rings. The molecule has 3 heterocycles. The molecule has 11 N–H and O–H groups in total. The number of nitrogens with two attached hydrogens (primary N) is 2. The lowest BCUT2D eigenvalue weighted by molar-refractivity contribution is -0.138. The second-order valence-corrected chi connectivity index (χ2v) is 13.5. The zero-order valence-electron chi connectivity index (χ0n) is 35.9. The first kappa shape index (κ1) is 61.5. The molecule has 1 fully saturated rings. The Morgan fingerprint density at radius 1 is 1.09 bits per heavy atom. The van der Waals surface area contributed by atoms with Crippen LogP contribution >= 0.6 is 13.5 Å². The number of hydrogen-bond donors (Lipinski definition) is 5.